The van der Waals surface area contributed by atoms with Crippen molar-refractivity contribution in [2.24, 2.45) is 0 Å². The van der Waals surface area contributed by atoms with Gasteiger partial charge in [-0.15, -0.1) is 0 Å². The van der Waals surface area contributed by atoms with E-state index in [2.05, 4.69) is 17.1 Å². The number of rotatable bonds is 2. The van der Waals surface area contributed by atoms with E-state index >= 15 is 0 Å². The first-order chi connectivity index (χ1) is 6.92. The molecule has 0 radical (unpaired) electrons. The monoisotopic (exact) mass is 214 g/mol. The Kier molecular flexibility index (Phi) is 3.97. The number of hydrogen-bond acceptors (Lipinski definition) is 3. The van der Waals surface area contributed by atoms with E-state index in [-0.39, 0.29) is 12.3 Å². The Hall–Kier alpha value is -0.770. The SMILES string of the molecule is CCN1CCCC1NC(=O)OC(C)(C)C. The van der Waals surface area contributed by atoms with Crippen LogP contribution in [0.4, 0.5) is 4.79 Å². The van der Waals surface area contributed by atoms with Gasteiger partial charge in [-0.3, -0.25) is 4.90 Å². The molecular weight excluding hydrogens is 192 g/mol. The fourth-order valence-corrected chi connectivity index (χ4v) is 1.81. The van der Waals surface area contributed by atoms with E-state index in [1.807, 2.05) is 20.8 Å². The van der Waals surface area contributed by atoms with E-state index in [0.717, 1.165) is 25.9 Å². The van der Waals surface area contributed by atoms with Gasteiger partial charge in [0.25, 0.3) is 0 Å². The second-order valence-electron chi connectivity index (χ2n) is 4.93. The standard InChI is InChI=1S/C11H22N2O2/c1-5-13-8-6-7-9(13)12-10(14)15-11(2,3)4/h9H,5-8H2,1-4H3,(H,12,14). The number of carbonyl (C=O) groups is 1. The third kappa shape index (κ3) is 4.08. The summed E-state index contributed by atoms with van der Waals surface area (Å²) >= 11 is 0. The molecule has 1 rings (SSSR count). The molecule has 1 amide bonds. The number of likely N-dealkylation sites (tertiary alicyclic amines) is 1. The van der Waals surface area contributed by atoms with Gasteiger partial charge in [0.2, 0.25) is 0 Å². The minimum atomic E-state index is -0.417. The quantitative estimate of drug-likeness (QED) is 0.764. The van der Waals surface area contributed by atoms with Crippen molar-refractivity contribution >= 4 is 6.09 Å². The van der Waals surface area contributed by atoms with Crippen molar-refractivity contribution in [3.63, 3.8) is 0 Å². The van der Waals surface area contributed by atoms with Crippen LogP contribution in [-0.4, -0.2) is 35.8 Å². The molecule has 1 saturated heterocycles. The summed E-state index contributed by atoms with van der Waals surface area (Å²) in [4.78, 5) is 13.8. The van der Waals surface area contributed by atoms with Gasteiger partial charge in [-0.2, -0.15) is 0 Å². The molecule has 1 N–H and O–H groups in total. The Balaban J connectivity index is 2.37. The summed E-state index contributed by atoms with van der Waals surface area (Å²) in [7, 11) is 0. The second-order valence-corrected chi connectivity index (χ2v) is 4.93. The first-order valence-corrected chi connectivity index (χ1v) is 5.66. The van der Waals surface area contributed by atoms with Crippen LogP contribution < -0.4 is 5.32 Å². The minimum Gasteiger partial charge on any atom is -0.444 e. The Morgan fingerprint density at radius 3 is 2.73 bits per heavy atom. The highest BCUT2D eigenvalue weighted by Crippen LogP contribution is 2.15. The predicted molar refractivity (Wildman–Crippen MR) is 59.6 cm³/mol. The maximum absolute atomic E-state index is 11.5. The number of nitrogens with zero attached hydrogens (tertiary/aromatic N) is 1. The van der Waals surface area contributed by atoms with Crippen LogP contribution in [0.3, 0.4) is 0 Å². The van der Waals surface area contributed by atoms with Crippen LogP contribution in [0.2, 0.25) is 0 Å². The molecule has 0 bridgehead atoms. The van der Waals surface area contributed by atoms with Gasteiger partial charge in [0, 0.05) is 6.54 Å². The number of carbonyl (C=O) groups excluding carboxylic acids is 1. The first kappa shape index (κ1) is 12.3. The van der Waals surface area contributed by atoms with E-state index in [1.54, 1.807) is 0 Å². The van der Waals surface area contributed by atoms with E-state index < -0.39 is 5.60 Å². The minimum absolute atomic E-state index is 0.157. The Bertz CT molecular complexity index is 223. The molecule has 0 aromatic carbocycles. The molecule has 1 aliphatic heterocycles. The summed E-state index contributed by atoms with van der Waals surface area (Å²) in [6.07, 6.45) is 2.01. The summed E-state index contributed by atoms with van der Waals surface area (Å²) in [5, 5.41) is 2.90. The fraction of sp³-hybridized carbons (Fsp3) is 0.909. The van der Waals surface area contributed by atoms with Gasteiger partial charge in [0.15, 0.2) is 0 Å². The molecular formula is C11H22N2O2. The van der Waals surface area contributed by atoms with Gasteiger partial charge in [-0.1, -0.05) is 6.92 Å². The first-order valence-electron chi connectivity index (χ1n) is 5.66. The molecule has 1 heterocycles. The van der Waals surface area contributed by atoms with Crippen LogP contribution >= 0.6 is 0 Å². The van der Waals surface area contributed by atoms with E-state index in [4.69, 9.17) is 4.74 Å². The zero-order valence-electron chi connectivity index (χ0n) is 10.2. The van der Waals surface area contributed by atoms with Gasteiger partial charge in [0.1, 0.15) is 5.60 Å². The number of amides is 1. The molecule has 88 valence electrons. The summed E-state index contributed by atoms with van der Waals surface area (Å²) in [5.74, 6) is 0. The van der Waals surface area contributed by atoms with E-state index in [9.17, 15) is 4.79 Å². The Morgan fingerprint density at radius 2 is 2.20 bits per heavy atom. The highest BCUT2D eigenvalue weighted by atomic mass is 16.6. The van der Waals surface area contributed by atoms with Gasteiger partial charge in [-0.05, 0) is 40.2 Å². The van der Waals surface area contributed by atoms with Crippen molar-refractivity contribution in [2.45, 2.75) is 52.3 Å². The maximum atomic E-state index is 11.5. The van der Waals surface area contributed by atoms with Crippen molar-refractivity contribution in [2.75, 3.05) is 13.1 Å². The Labute approximate surface area is 92.0 Å². The zero-order chi connectivity index (χ0) is 11.5. The average Bonchev–Trinajstić information content (AvgIpc) is 2.48. The maximum Gasteiger partial charge on any atom is 0.408 e. The van der Waals surface area contributed by atoms with Crippen LogP contribution in [0.1, 0.15) is 40.5 Å². The average molecular weight is 214 g/mol. The lowest BCUT2D eigenvalue weighted by Gasteiger charge is -2.26. The molecule has 1 atom stereocenters. The number of alkyl carbamates (subject to hydrolysis) is 1. The summed E-state index contributed by atoms with van der Waals surface area (Å²) in [5.41, 5.74) is -0.417. The molecule has 0 aromatic rings. The molecule has 0 saturated carbocycles. The van der Waals surface area contributed by atoms with Crippen molar-refractivity contribution in [1.82, 2.24) is 10.2 Å². The third-order valence-corrected chi connectivity index (χ3v) is 2.45. The third-order valence-electron chi connectivity index (χ3n) is 2.45. The molecule has 1 aliphatic rings. The smallest absolute Gasteiger partial charge is 0.408 e. The number of hydrogen-bond donors (Lipinski definition) is 1. The van der Waals surface area contributed by atoms with Crippen molar-refractivity contribution < 1.29 is 9.53 Å². The van der Waals surface area contributed by atoms with E-state index in [1.165, 1.54) is 0 Å². The largest absolute Gasteiger partial charge is 0.444 e. The van der Waals surface area contributed by atoms with Crippen molar-refractivity contribution in [3.05, 3.63) is 0 Å². The van der Waals surface area contributed by atoms with Crippen LogP contribution in [0, 0.1) is 0 Å². The lowest BCUT2D eigenvalue weighted by Crippen LogP contribution is -2.46. The Morgan fingerprint density at radius 1 is 1.53 bits per heavy atom. The van der Waals surface area contributed by atoms with E-state index in [0.29, 0.717) is 0 Å². The zero-order valence-corrected chi connectivity index (χ0v) is 10.2. The van der Waals surface area contributed by atoms with Crippen molar-refractivity contribution in [1.29, 1.82) is 0 Å². The van der Waals surface area contributed by atoms with Crippen molar-refractivity contribution in [3.8, 4) is 0 Å². The van der Waals surface area contributed by atoms with Gasteiger partial charge >= 0.3 is 6.09 Å². The summed E-state index contributed by atoms with van der Waals surface area (Å²) in [6, 6.07) is 0. The predicted octanol–water partition coefficient (Wildman–Crippen LogP) is 1.95. The summed E-state index contributed by atoms with van der Waals surface area (Å²) < 4.78 is 5.22. The van der Waals surface area contributed by atoms with Gasteiger partial charge in [-0.25, -0.2) is 4.79 Å². The molecule has 0 aromatic heterocycles. The van der Waals surface area contributed by atoms with Gasteiger partial charge in [0.05, 0.1) is 6.17 Å². The van der Waals surface area contributed by atoms with Crippen LogP contribution in [0.25, 0.3) is 0 Å². The molecule has 0 aliphatic carbocycles. The lowest BCUT2D eigenvalue weighted by atomic mass is 10.2. The molecule has 4 heteroatoms. The molecule has 4 nitrogen and oxygen atoms in total. The molecule has 1 unspecified atom stereocenters. The molecule has 1 fully saturated rings. The number of ether oxygens (including phenoxy) is 1. The topological polar surface area (TPSA) is 41.6 Å². The second kappa shape index (κ2) is 4.84. The lowest BCUT2D eigenvalue weighted by molar-refractivity contribution is 0.0451. The normalized spacial score (nSPS) is 22.8. The highest BCUT2D eigenvalue weighted by Gasteiger charge is 2.26. The highest BCUT2D eigenvalue weighted by molar-refractivity contribution is 5.68. The number of nitrogens with one attached hydrogen (secondary N) is 1. The summed E-state index contributed by atoms with van der Waals surface area (Å²) in [6.45, 7) is 9.77. The van der Waals surface area contributed by atoms with Crippen LogP contribution in [0.15, 0.2) is 0 Å². The molecule has 0 spiro atoms. The fourth-order valence-electron chi connectivity index (χ4n) is 1.81. The van der Waals surface area contributed by atoms with Crippen LogP contribution in [0.5, 0.6) is 0 Å². The van der Waals surface area contributed by atoms with Crippen LogP contribution in [-0.2, 0) is 4.74 Å². The van der Waals surface area contributed by atoms with Gasteiger partial charge < -0.3 is 10.1 Å². The molecule has 15 heavy (non-hydrogen) atoms.